The maximum atomic E-state index is 3.72. The highest BCUT2D eigenvalue weighted by Gasteiger charge is 2.36. The van der Waals surface area contributed by atoms with Crippen LogP contribution in [-0.4, -0.2) is 6.04 Å². The molecule has 100 valence electrons. The highest BCUT2D eigenvalue weighted by Crippen LogP contribution is 2.43. The first kappa shape index (κ1) is 14.4. The van der Waals surface area contributed by atoms with E-state index in [1.807, 2.05) is 0 Å². The molecule has 0 aromatic heterocycles. The number of benzene rings is 1. The van der Waals surface area contributed by atoms with Crippen molar-refractivity contribution in [1.82, 2.24) is 0 Å². The molecule has 0 spiro atoms. The minimum Gasteiger partial charge on any atom is -0.380 e. The third-order valence-electron chi connectivity index (χ3n) is 3.85. The summed E-state index contributed by atoms with van der Waals surface area (Å²) in [7, 11) is 0. The number of aryl methyl sites for hydroxylation is 1. The first-order chi connectivity index (χ1) is 8.28. The maximum Gasteiger partial charge on any atom is 0.0631 e. The Bertz CT molecular complexity index is 431. The molecule has 2 atom stereocenters. The van der Waals surface area contributed by atoms with Gasteiger partial charge in [-0.15, -0.1) is 0 Å². The lowest BCUT2D eigenvalue weighted by Gasteiger charge is -2.22. The van der Waals surface area contributed by atoms with Crippen molar-refractivity contribution in [3.63, 3.8) is 0 Å². The number of hydrogen-bond donors (Lipinski definition) is 1. The van der Waals surface area contributed by atoms with Crippen molar-refractivity contribution in [2.45, 2.75) is 46.6 Å². The summed E-state index contributed by atoms with van der Waals surface area (Å²) in [6.45, 7) is 9.19. The zero-order valence-corrected chi connectivity index (χ0v) is 14.7. The van der Waals surface area contributed by atoms with Gasteiger partial charge in [-0.25, -0.2) is 0 Å². The molecule has 2 unspecified atom stereocenters. The van der Waals surface area contributed by atoms with Crippen molar-refractivity contribution in [2.24, 2.45) is 11.3 Å². The molecule has 18 heavy (non-hydrogen) atoms. The third-order valence-corrected chi connectivity index (χ3v) is 5.10. The topological polar surface area (TPSA) is 12.0 Å². The molecule has 0 aliphatic heterocycles. The van der Waals surface area contributed by atoms with Crippen LogP contribution in [0.25, 0.3) is 0 Å². The molecular formula is C15H21Br2N. The second-order valence-corrected chi connectivity index (χ2v) is 8.11. The quantitative estimate of drug-likeness (QED) is 0.694. The zero-order valence-electron chi connectivity index (χ0n) is 11.5. The molecule has 0 heterocycles. The highest BCUT2D eigenvalue weighted by atomic mass is 79.9. The van der Waals surface area contributed by atoms with Gasteiger partial charge in [0, 0.05) is 15.0 Å². The Kier molecular flexibility index (Phi) is 4.13. The van der Waals surface area contributed by atoms with E-state index >= 15 is 0 Å². The fourth-order valence-corrected chi connectivity index (χ4v) is 4.75. The monoisotopic (exact) mass is 373 g/mol. The van der Waals surface area contributed by atoms with Gasteiger partial charge in [0.15, 0.2) is 0 Å². The lowest BCUT2D eigenvalue weighted by Crippen LogP contribution is -2.23. The summed E-state index contributed by atoms with van der Waals surface area (Å²) in [6.07, 6.45) is 2.53. The van der Waals surface area contributed by atoms with Gasteiger partial charge in [0.25, 0.3) is 0 Å². The van der Waals surface area contributed by atoms with Crippen molar-refractivity contribution < 1.29 is 0 Å². The second-order valence-electron chi connectivity index (χ2n) is 6.40. The molecule has 1 aromatic carbocycles. The van der Waals surface area contributed by atoms with Crippen molar-refractivity contribution in [3.8, 4) is 0 Å². The molecule has 2 rings (SSSR count). The molecule has 3 heteroatoms. The van der Waals surface area contributed by atoms with E-state index in [9.17, 15) is 0 Å². The van der Waals surface area contributed by atoms with Gasteiger partial charge in [-0.1, -0.05) is 20.8 Å². The molecule has 1 N–H and O–H groups in total. The Labute approximate surface area is 127 Å². The number of halogens is 2. The van der Waals surface area contributed by atoms with Crippen LogP contribution in [0.2, 0.25) is 0 Å². The Balaban J connectivity index is 2.20. The van der Waals surface area contributed by atoms with Crippen LogP contribution in [0.5, 0.6) is 0 Å². The van der Waals surface area contributed by atoms with Crippen LogP contribution in [-0.2, 0) is 0 Å². The fraction of sp³-hybridized carbons (Fsp3) is 0.600. The van der Waals surface area contributed by atoms with Gasteiger partial charge in [0.05, 0.1) is 5.69 Å². The van der Waals surface area contributed by atoms with E-state index in [4.69, 9.17) is 0 Å². The molecule has 1 aliphatic rings. The number of nitrogens with one attached hydrogen (secondary N) is 1. The number of rotatable bonds is 2. The smallest absolute Gasteiger partial charge is 0.0631 e. The predicted octanol–water partition coefficient (Wildman–Crippen LogP) is 5.76. The van der Waals surface area contributed by atoms with Gasteiger partial charge in [0.1, 0.15) is 0 Å². The van der Waals surface area contributed by atoms with Crippen LogP contribution in [0, 0.1) is 18.3 Å². The Morgan fingerprint density at radius 3 is 2.17 bits per heavy atom. The lowest BCUT2D eigenvalue weighted by molar-refractivity contribution is 0.366. The third kappa shape index (κ3) is 3.11. The minimum absolute atomic E-state index is 0.459. The minimum atomic E-state index is 0.459. The Morgan fingerprint density at radius 1 is 1.17 bits per heavy atom. The highest BCUT2D eigenvalue weighted by molar-refractivity contribution is 9.11. The number of hydrogen-bond acceptors (Lipinski definition) is 1. The first-order valence-electron chi connectivity index (χ1n) is 6.51. The molecule has 1 saturated carbocycles. The Morgan fingerprint density at radius 2 is 1.72 bits per heavy atom. The summed E-state index contributed by atoms with van der Waals surface area (Å²) < 4.78 is 2.29. The second kappa shape index (κ2) is 5.16. The molecule has 1 aromatic rings. The summed E-state index contributed by atoms with van der Waals surface area (Å²) in [6, 6.07) is 4.89. The summed E-state index contributed by atoms with van der Waals surface area (Å²) in [5.41, 5.74) is 2.91. The van der Waals surface area contributed by atoms with Crippen LogP contribution in [0.4, 0.5) is 5.69 Å². The first-order valence-corrected chi connectivity index (χ1v) is 8.09. The molecule has 0 bridgehead atoms. The Hall–Kier alpha value is -0.0200. The average Bonchev–Trinajstić information content (AvgIpc) is 2.45. The lowest BCUT2D eigenvalue weighted by atomic mass is 9.91. The van der Waals surface area contributed by atoms with Crippen LogP contribution in [0.1, 0.15) is 39.2 Å². The summed E-state index contributed by atoms with van der Waals surface area (Å²) >= 11 is 7.32. The maximum absolute atomic E-state index is 3.72. The molecular weight excluding hydrogens is 354 g/mol. The predicted molar refractivity (Wildman–Crippen MR) is 86.2 cm³/mol. The van der Waals surface area contributed by atoms with Crippen molar-refractivity contribution in [2.75, 3.05) is 5.32 Å². The van der Waals surface area contributed by atoms with Crippen LogP contribution >= 0.6 is 31.9 Å². The van der Waals surface area contributed by atoms with Gasteiger partial charge in [-0.2, -0.15) is 0 Å². The molecule has 0 amide bonds. The molecule has 1 fully saturated rings. The van der Waals surface area contributed by atoms with Crippen LogP contribution in [0.15, 0.2) is 21.1 Å². The summed E-state index contributed by atoms with van der Waals surface area (Å²) in [5.74, 6) is 0.722. The van der Waals surface area contributed by atoms with E-state index in [2.05, 4.69) is 77.0 Å². The van der Waals surface area contributed by atoms with Gasteiger partial charge in [-0.05, 0) is 80.7 Å². The van der Waals surface area contributed by atoms with Crippen molar-refractivity contribution >= 4 is 37.5 Å². The molecule has 1 aliphatic carbocycles. The van der Waals surface area contributed by atoms with Crippen molar-refractivity contribution in [3.05, 3.63) is 26.6 Å². The van der Waals surface area contributed by atoms with Gasteiger partial charge in [-0.3, -0.25) is 0 Å². The number of anilines is 1. The largest absolute Gasteiger partial charge is 0.380 e. The summed E-state index contributed by atoms with van der Waals surface area (Å²) in [5, 5.41) is 3.72. The van der Waals surface area contributed by atoms with E-state index in [-0.39, 0.29) is 0 Å². The summed E-state index contributed by atoms with van der Waals surface area (Å²) in [4.78, 5) is 0. The molecule has 0 saturated heterocycles. The SMILES string of the molecule is Cc1cc(Br)c(NC2CC(C)(C)CC2C)c(Br)c1. The normalized spacial score (nSPS) is 26.3. The van der Waals surface area contributed by atoms with E-state index in [0.29, 0.717) is 11.5 Å². The molecule has 0 radical (unpaired) electrons. The zero-order chi connectivity index (χ0) is 13.5. The molecule has 1 nitrogen and oxygen atoms in total. The van der Waals surface area contributed by atoms with Crippen LogP contribution in [0.3, 0.4) is 0 Å². The van der Waals surface area contributed by atoms with Crippen molar-refractivity contribution in [1.29, 1.82) is 0 Å². The van der Waals surface area contributed by atoms with E-state index in [0.717, 1.165) is 14.9 Å². The van der Waals surface area contributed by atoms with Crippen LogP contribution < -0.4 is 5.32 Å². The standard InChI is InChI=1S/C15H21Br2N/c1-9-5-11(16)14(12(17)6-9)18-13-8-15(3,4)7-10(13)2/h5-6,10,13,18H,7-8H2,1-4H3. The van der Waals surface area contributed by atoms with E-state index in [1.54, 1.807) is 0 Å². The van der Waals surface area contributed by atoms with E-state index in [1.165, 1.54) is 24.1 Å². The van der Waals surface area contributed by atoms with Gasteiger partial charge in [0.2, 0.25) is 0 Å². The van der Waals surface area contributed by atoms with Gasteiger partial charge < -0.3 is 5.32 Å². The van der Waals surface area contributed by atoms with Gasteiger partial charge >= 0.3 is 0 Å². The van der Waals surface area contributed by atoms with E-state index < -0.39 is 0 Å². The fourth-order valence-electron chi connectivity index (χ4n) is 3.11. The average molecular weight is 375 g/mol.